The van der Waals surface area contributed by atoms with Crippen LogP contribution in [-0.2, 0) is 11.2 Å². The van der Waals surface area contributed by atoms with E-state index in [0.29, 0.717) is 26.1 Å². The van der Waals surface area contributed by atoms with Gasteiger partial charge in [0.1, 0.15) is 17.7 Å². The lowest BCUT2D eigenvalue weighted by Crippen LogP contribution is -2.48. The molecule has 2 N–H and O–H groups in total. The van der Waals surface area contributed by atoms with Gasteiger partial charge in [-0.05, 0) is 30.5 Å². The number of nitrogens with zero attached hydrogens (tertiary/aromatic N) is 1. The van der Waals surface area contributed by atoms with Crippen molar-refractivity contribution >= 4 is 5.82 Å². The third kappa shape index (κ3) is 4.10. The summed E-state index contributed by atoms with van der Waals surface area (Å²) in [6.45, 7) is 4.81. The first-order chi connectivity index (χ1) is 13.9. The highest BCUT2D eigenvalue weighted by Crippen LogP contribution is 2.41. The van der Waals surface area contributed by atoms with Gasteiger partial charge in [-0.2, -0.15) is 0 Å². The Kier molecular flexibility index (Phi) is 6.16. The molecule has 6 nitrogen and oxygen atoms in total. The highest BCUT2D eigenvalue weighted by molar-refractivity contribution is 5.50. The van der Waals surface area contributed by atoms with E-state index in [1.165, 1.54) is 12.1 Å². The van der Waals surface area contributed by atoms with Crippen LogP contribution >= 0.6 is 0 Å². The zero-order valence-electron chi connectivity index (χ0n) is 16.3. The fraction of sp³-hybridized carbons (Fsp3) is 0.500. The van der Waals surface area contributed by atoms with Crippen LogP contribution in [0.4, 0.5) is 19.0 Å². The molecular weight excluding hydrogens is 387 g/mol. The normalized spacial score (nSPS) is 20.8. The topological polar surface area (TPSA) is 76.1 Å². The minimum absolute atomic E-state index is 0. The quantitative estimate of drug-likeness (QED) is 0.780. The van der Waals surface area contributed by atoms with Crippen LogP contribution in [0.15, 0.2) is 33.9 Å². The molecule has 1 saturated heterocycles. The van der Waals surface area contributed by atoms with E-state index in [4.69, 9.17) is 4.74 Å². The van der Waals surface area contributed by atoms with Crippen LogP contribution in [0.1, 0.15) is 52.8 Å². The molecular formula is C20H28F3N3O3. The molecule has 1 aromatic heterocycles. The average molecular weight is 415 g/mol. The molecule has 0 saturated carbocycles. The number of aromatic nitrogens is 2. The maximum Gasteiger partial charge on any atom is 0.330 e. The van der Waals surface area contributed by atoms with Crippen molar-refractivity contribution in [3.05, 3.63) is 62.0 Å². The summed E-state index contributed by atoms with van der Waals surface area (Å²) in [6.07, 6.45) is 0.102. The molecule has 162 valence electrons. The number of anilines is 1. The Morgan fingerprint density at radius 2 is 1.90 bits per heavy atom. The molecule has 3 heterocycles. The molecule has 0 spiro atoms. The van der Waals surface area contributed by atoms with Gasteiger partial charge in [-0.3, -0.25) is 14.3 Å². The Morgan fingerprint density at radius 3 is 2.55 bits per heavy atom. The molecule has 0 amide bonds. The molecule has 4 rings (SSSR count). The lowest BCUT2D eigenvalue weighted by Gasteiger charge is -2.34. The van der Waals surface area contributed by atoms with Crippen LogP contribution < -0.4 is 16.6 Å². The third-order valence-electron chi connectivity index (χ3n) is 5.09. The Bertz CT molecular complexity index is 992. The van der Waals surface area contributed by atoms with Gasteiger partial charge < -0.3 is 10.1 Å². The molecule has 0 aliphatic carbocycles. The van der Waals surface area contributed by atoms with E-state index >= 15 is 0 Å². The highest BCUT2D eigenvalue weighted by atomic mass is 19.3. The van der Waals surface area contributed by atoms with Crippen molar-refractivity contribution in [3.8, 4) is 0 Å². The minimum Gasteiger partial charge on any atom is -0.381 e. The zero-order valence-corrected chi connectivity index (χ0v) is 16.3. The van der Waals surface area contributed by atoms with E-state index in [-0.39, 0.29) is 25.8 Å². The van der Waals surface area contributed by atoms with Gasteiger partial charge in [0.15, 0.2) is 0 Å². The van der Waals surface area contributed by atoms with Gasteiger partial charge in [0, 0.05) is 28.5 Å². The summed E-state index contributed by atoms with van der Waals surface area (Å²) in [4.78, 5) is 27.8. The summed E-state index contributed by atoms with van der Waals surface area (Å²) in [5, 5.41) is 2.53. The molecule has 1 atom stereocenters. The number of benzene rings is 1. The first kappa shape index (κ1) is 21.2. The van der Waals surface area contributed by atoms with E-state index in [1.54, 1.807) is 0 Å². The van der Waals surface area contributed by atoms with E-state index in [0.717, 1.165) is 16.7 Å². The molecule has 2 aliphatic heterocycles. The molecule has 1 aromatic carbocycles. The Labute approximate surface area is 168 Å². The summed E-state index contributed by atoms with van der Waals surface area (Å²) in [6, 6.07) is 2.96. The molecule has 9 heteroatoms. The van der Waals surface area contributed by atoms with Crippen LogP contribution in [0, 0.1) is 5.82 Å². The lowest BCUT2D eigenvalue weighted by molar-refractivity contribution is -0.0236. The first-order valence-electron chi connectivity index (χ1n) is 9.72. The number of rotatable bonds is 2. The number of aromatic amines is 1. The number of fused-ring (bicyclic) bond motifs is 1. The van der Waals surface area contributed by atoms with E-state index in [2.05, 4.69) is 10.3 Å². The van der Waals surface area contributed by atoms with Crippen molar-refractivity contribution in [1.29, 1.82) is 0 Å². The molecule has 2 aromatic rings. The van der Waals surface area contributed by atoms with E-state index < -0.39 is 35.5 Å². The summed E-state index contributed by atoms with van der Waals surface area (Å²) in [5.41, 5.74) is -1.49. The van der Waals surface area contributed by atoms with Gasteiger partial charge in [0.25, 0.3) is 11.5 Å². The number of hydrogen-bond acceptors (Lipinski definition) is 4. The number of halogens is 3. The molecule has 0 bridgehead atoms. The Hall–Kier alpha value is -2.55. The number of nitrogens with one attached hydrogen (secondary N) is 2. The molecule has 2 aliphatic rings. The van der Waals surface area contributed by atoms with Gasteiger partial charge in [-0.25, -0.2) is 18.0 Å². The number of hydrogen-bond donors (Lipinski definition) is 2. The third-order valence-corrected chi connectivity index (χ3v) is 5.09. The fourth-order valence-electron chi connectivity index (χ4n) is 3.75. The summed E-state index contributed by atoms with van der Waals surface area (Å²) >= 11 is 0. The largest absolute Gasteiger partial charge is 0.381 e. The highest BCUT2D eigenvalue weighted by Gasteiger charge is 2.46. The number of H-pyrrole nitrogens is 1. The zero-order chi connectivity index (χ0) is 21.2. The van der Waals surface area contributed by atoms with Crippen molar-refractivity contribution in [3.63, 3.8) is 0 Å². The van der Waals surface area contributed by atoms with Gasteiger partial charge in [0.05, 0.1) is 5.56 Å². The van der Waals surface area contributed by atoms with Gasteiger partial charge in [-0.15, -0.1) is 0 Å². The predicted molar refractivity (Wildman–Crippen MR) is 107 cm³/mol. The summed E-state index contributed by atoms with van der Waals surface area (Å²) in [5.74, 6) is -4.00. The summed E-state index contributed by atoms with van der Waals surface area (Å²) in [7, 11) is 0. The first-order valence-corrected chi connectivity index (χ1v) is 9.72. The maximum atomic E-state index is 14.8. The standard InChI is InChI=1S/C18H18F3N3O3.C2H6.2H2/c19-11-3-1-2-10(8-11)14-18(20,21)9-13-15(22-14)23-17(26)24(16(13)25)12-4-6-27-7-5-12;1-2;;/h1-3,8,12,14,22H,4-7,9H2,(H,23,26);1-2H3;2*1H/t14-;;;/m0.../s1. The van der Waals surface area contributed by atoms with Crippen LogP contribution in [0.25, 0.3) is 0 Å². The molecule has 29 heavy (non-hydrogen) atoms. The van der Waals surface area contributed by atoms with Crippen LogP contribution in [0.3, 0.4) is 0 Å². The van der Waals surface area contributed by atoms with Gasteiger partial charge >= 0.3 is 5.69 Å². The Morgan fingerprint density at radius 1 is 1.21 bits per heavy atom. The fourth-order valence-corrected chi connectivity index (χ4v) is 3.75. The van der Waals surface area contributed by atoms with Crippen molar-refractivity contribution in [2.45, 2.75) is 51.1 Å². The predicted octanol–water partition coefficient (Wildman–Crippen LogP) is 3.89. The van der Waals surface area contributed by atoms with Gasteiger partial charge in [-0.1, -0.05) is 26.0 Å². The second-order valence-corrected chi connectivity index (χ2v) is 6.87. The molecule has 0 radical (unpaired) electrons. The van der Waals surface area contributed by atoms with E-state index in [1.807, 2.05) is 13.8 Å². The Balaban J connectivity index is 0.00000117. The number of ether oxygens (including phenoxy) is 1. The second kappa shape index (κ2) is 8.44. The van der Waals surface area contributed by atoms with Crippen molar-refractivity contribution in [2.24, 2.45) is 0 Å². The van der Waals surface area contributed by atoms with Crippen molar-refractivity contribution in [2.75, 3.05) is 18.5 Å². The average Bonchev–Trinajstić information content (AvgIpc) is 2.70. The monoisotopic (exact) mass is 415 g/mol. The molecule has 1 fully saturated rings. The second-order valence-electron chi connectivity index (χ2n) is 6.87. The van der Waals surface area contributed by atoms with E-state index in [9.17, 15) is 22.8 Å². The lowest BCUT2D eigenvalue weighted by atomic mass is 9.92. The van der Waals surface area contributed by atoms with Crippen LogP contribution in [-0.4, -0.2) is 28.7 Å². The minimum atomic E-state index is -3.33. The van der Waals surface area contributed by atoms with Crippen LogP contribution in [0.2, 0.25) is 0 Å². The van der Waals surface area contributed by atoms with Crippen LogP contribution in [0.5, 0.6) is 0 Å². The smallest absolute Gasteiger partial charge is 0.330 e. The maximum absolute atomic E-state index is 14.8. The summed E-state index contributed by atoms with van der Waals surface area (Å²) < 4.78 is 49.3. The van der Waals surface area contributed by atoms with Crippen molar-refractivity contribution in [1.82, 2.24) is 9.55 Å². The number of alkyl halides is 2. The SMILES string of the molecule is CC.O=c1[nH]c2c(c(=O)n1C1CCOCC1)CC(F)(F)[C@H](c1cccc(F)c1)N2.[HH].[HH]. The molecule has 0 unspecified atom stereocenters. The van der Waals surface area contributed by atoms with Crippen molar-refractivity contribution < 1.29 is 20.8 Å². The van der Waals surface area contributed by atoms with Gasteiger partial charge in [0.2, 0.25) is 0 Å².